The van der Waals surface area contributed by atoms with Crippen LogP contribution in [0.25, 0.3) is 12.2 Å². The molecule has 0 aliphatic carbocycles. The van der Waals surface area contributed by atoms with Gasteiger partial charge in [-0.15, -0.1) is 0 Å². The number of carbonyl (C=O) groups is 1. The maximum atomic E-state index is 13.3. The summed E-state index contributed by atoms with van der Waals surface area (Å²) in [6.45, 7) is 4.19. The molecule has 29 heavy (non-hydrogen) atoms. The highest BCUT2D eigenvalue weighted by molar-refractivity contribution is 9.10. The average Bonchev–Trinajstić information content (AvgIpc) is 2.72. The number of ether oxygens (including phenoxy) is 2. The molecule has 1 aliphatic rings. The Hall–Kier alpha value is -1.89. The standard InChI is InChI=1S/C23H23Br2NO3/c1-4-26-13-17(9-15-5-7-19(24)11-21(15)28-2)23(27)18(14-26)10-16-6-8-20(25)12-22(16)29-3/h5-12H,4,13-14H2,1-3H3. The third kappa shape index (κ3) is 5.18. The quantitative estimate of drug-likeness (QED) is 0.481. The topological polar surface area (TPSA) is 38.8 Å². The third-order valence-electron chi connectivity index (χ3n) is 4.87. The molecule has 0 atom stereocenters. The SMILES string of the molecule is CCN1CC(=Cc2ccc(Br)cc2OC)C(=O)C(=Cc2ccc(Br)cc2OC)C1. The van der Waals surface area contributed by atoms with Crippen LogP contribution in [0.5, 0.6) is 11.5 Å². The number of carbonyl (C=O) groups excluding carboxylic acids is 1. The van der Waals surface area contributed by atoms with Gasteiger partial charge in [0.25, 0.3) is 0 Å². The molecule has 0 saturated carbocycles. The number of benzene rings is 2. The van der Waals surface area contributed by atoms with Crippen molar-refractivity contribution in [1.82, 2.24) is 4.90 Å². The summed E-state index contributed by atoms with van der Waals surface area (Å²) < 4.78 is 12.8. The Labute approximate surface area is 188 Å². The van der Waals surface area contributed by atoms with Crippen LogP contribution in [0, 0.1) is 0 Å². The van der Waals surface area contributed by atoms with Gasteiger partial charge in [-0.2, -0.15) is 0 Å². The van der Waals surface area contributed by atoms with Crippen molar-refractivity contribution in [2.45, 2.75) is 6.92 Å². The maximum absolute atomic E-state index is 13.3. The minimum Gasteiger partial charge on any atom is -0.496 e. The molecule has 152 valence electrons. The largest absolute Gasteiger partial charge is 0.496 e. The summed E-state index contributed by atoms with van der Waals surface area (Å²) >= 11 is 6.92. The first-order valence-electron chi connectivity index (χ1n) is 9.30. The van der Waals surface area contributed by atoms with E-state index in [1.54, 1.807) is 14.2 Å². The third-order valence-corrected chi connectivity index (χ3v) is 5.86. The molecule has 0 spiro atoms. The average molecular weight is 521 g/mol. The molecule has 1 saturated heterocycles. The molecule has 0 N–H and O–H groups in total. The molecule has 1 aliphatic heterocycles. The number of halogens is 2. The number of Topliss-reactive ketones (excluding diaryl/α,β-unsaturated/α-hetero) is 1. The van der Waals surface area contributed by atoms with Crippen LogP contribution in [0.1, 0.15) is 18.1 Å². The number of rotatable bonds is 5. The van der Waals surface area contributed by atoms with E-state index in [1.807, 2.05) is 48.6 Å². The molecule has 0 bridgehead atoms. The van der Waals surface area contributed by atoms with E-state index in [9.17, 15) is 4.79 Å². The van der Waals surface area contributed by atoms with Crippen molar-refractivity contribution in [2.75, 3.05) is 33.9 Å². The van der Waals surface area contributed by atoms with E-state index in [1.165, 1.54) is 0 Å². The molecule has 3 rings (SSSR count). The molecule has 1 heterocycles. The number of ketones is 1. The Morgan fingerprint density at radius 2 is 1.34 bits per heavy atom. The predicted molar refractivity (Wildman–Crippen MR) is 124 cm³/mol. The van der Waals surface area contributed by atoms with Crippen molar-refractivity contribution >= 4 is 49.8 Å². The van der Waals surface area contributed by atoms with Crippen LogP contribution < -0.4 is 9.47 Å². The molecule has 4 nitrogen and oxygen atoms in total. The molecule has 2 aromatic carbocycles. The first kappa shape index (κ1) is 21.8. The van der Waals surface area contributed by atoms with Gasteiger partial charge < -0.3 is 9.47 Å². The highest BCUT2D eigenvalue weighted by atomic mass is 79.9. The van der Waals surface area contributed by atoms with E-state index in [0.29, 0.717) is 13.1 Å². The van der Waals surface area contributed by atoms with Gasteiger partial charge in [0, 0.05) is 44.3 Å². The van der Waals surface area contributed by atoms with Crippen molar-refractivity contribution in [3.8, 4) is 11.5 Å². The summed E-state index contributed by atoms with van der Waals surface area (Å²) in [4.78, 5) is 15.5. The van der Waals surface area contributed by atoms with Crippen LogP contribution in [0.4, 0.5) is 0 Å². The van der Waals surface area contributed by atoms with Gasteiger partial charge in [-0.1, -0.05) is 50.9 Å². The first-order chi connectivity index (χ1) is 13.9. The normalized spacial score (nSPS) is 17.8. The summed E-state index contributed by atoms with van der Waals surface area (Å²) in [5, 5.41) is 0. The zero-order valence-corrected chi connectivity index (χ0v) is 19.8. The Kier molecular flexibility index (Phi) is 7.33. The van der Waals surface area contributed by atoms with Crippen LogP contribution in [-0.2, 0) is 4.79 Å². The van der Waals surface area contributed by atoms with Gasteiger partial charge in [0.2, 0.25) is 0 Å². The van der Waals surface area contributed by atoms with E-state index >= 15 is 0 Å². The molecule has 2 aromatic rings. The zero-order valence-electron chi connectivity index (χ0n) is 16.7. The summed E-state index contributed by atoms with van der Waals surface area (Å²) in [6.07, 6.45) is 3.87. The van der Waals surface area contributed by atoms with Crippen LogP contribution in [0.15, 0.2) is 56.5 Å². The number of likely N-dealkylation sites (N-methyl/N-ethyl adjacent to an activating group) is 1. The maximum Gasteiger partial charge on any atom is 0.187 e. The van der Waals surface area contributed by atoms with Crippen molar-refractivity contribution in [3.05, 3.63) is 67.6 Å². The number of nitrogens with zero attached hydrogens (tertiary/aromatic N) is 1. The molecular formula is C23H23Br2NO3. The van der Waals surface area contributed by atoms with Crippen LogP contribution in [0.2, 0.25) is 0 Å². The van der Waals surface area contributed by atoms with Crippen LogP contribution in [-0.4, -0.2) is 44.5 Å². The van der Waals surface area contributed by atoms with Gasteiger partial charge in [0.05, 0.1) is 14.2 Å². The van der Waals surface area contributed by atoms with Crippen LogP contribution in [0.3, 0.4) is 0 Å². The van der Waals surface area contributed by atoms with Gasteiger partial charge in [-0.3, -0.25) is 9.69 Å². The number of likely N-dealkylation sites (tertiary alicyclic amines) is 1. The minimum atomic E-state index is 0.0599. The van der Waals surface area contributed by atoms with Gasteiger partial charge >= 0.3 is 0 Å². The van der Waals surface area contributed by atoms with Crippen molar-refractivity contribution in [2.24, 2.45) is 0 Å². The van der Waals surface area contributed by atoms with Gasteiger partial charge in [-0.05, 0) is 43.0 Å². The van der Waals surface area contributed by atoms with E-state index in [-0.39, 0.29) is 5.78 Å². The number of hydrogen-bond acceptors (Lipinski definition) is 4. The lowest BCUT2D eigenvalue weighted by Crippen LogP contribution is -2.37. The lowest BCUT2D eigenvalue weighted by Gasteiger charge is -2.28. The molecule has 0 amide bonds. The Morgan fingerprint density at radius 3 is 1.72 bits per heavy atom. The number of methoxy groups -OCH3 is 2. The first-order valence-corrected chi connectivity index (χ1v) is 10.9. The van der Waals surface area contributed by atoms with E-state index in [4.69, 9.17) is 9.47 Å². The zero-order chi connectivity index (χ0) is 21.0. The smallest absolute Gasteiger partial charge is 0.187 e. The second-order valence-corrected chi connectivity index (χ2v) is 8.58. The summed E-state index contributed by atoms with van der Waals surface area (Å²) in [5.41, 5.74) is 3.28. The van der Waals surface area contributed by atoms with Crippen molar-refractivity contribution < 1.29 is 14.3 Å². The van der Waals surface area contributed by atoms with Crippen molar-refractivity contribution in [1.29, 1.82) is 0 Å². The minimum absolute atomic E-state index is 0.0599. The summed E-state index contributed by atoms with van der Waals surface area (Å²) in [6, 6.07) is 11.6. The summed E-state index contributed by atoms with van der Waals surface area (Å²) in [7, 11) is 3.27. The van der Waals surface area contributed by atoms with E-state index in [0.717, 1.165) is 49.3 Å². The monoisotopic (exact) mass is 519 g/mol. The predicted octanol–water partition coefficient (Wildman–Crippen LogP) is 5.60. The van der Waals surface area contributed by atoms with Crippen molar-refractivity contribution in [3.63, 3.8) is 0 Å². The Bertz CT molecular complexity index is 907. The molecular weight excluding hydrogens is 498 g/mol. The second-order valence-electron chi connectivity index (χ2n) is 6.74. The molecule has 0 unspecified atom stereocenters. The fourth-order valence-corrected chi connectivity index (χ4v) is 4.00. The number of hydrogen-bond donors (Lipinski definition) is 0. The second kappa shape index (κ2) is 9.74. The molecule has 0 aromatic heterocycles. The highest BCUT2D eigenvalue weighted by Gasteiger charge is 2.26. The lowest BCUT2D eigenvalue weighted by molar-refractivity contribution is -0.113. The molecule has 6 heteroatoms. The Balaban J connectivity index is 2.02. The fraction of sp³-hybridized carbons (Fsp3) is 0.261. The number of piperidine rings is 1. The van der Waals surface area contributed by atoms with E-state index in [2.05, 4.69) is 43.7 Å². The highest BCUT2D eigenvalue weighted by Crippen LogP contribution is 2.30. The molecule has 0 radical (unpaired) electrons. The van der Waals surface area contributed by atoms with Gasteiger partial charge in [0.1, 0.15) is 11.5 Å². The summed E-state index contributed by atoms with van der Waals surface area (Å²) in [5.74, 6) is 1.52. The molecule has 1 fully saturated rings. The Morgan fingerprint density at radius 1 is 0.897 bits per heavy atom. The lowest BCUT2D eigenvalue weighted by atomic mass is 9.94. The van der Waals surface area contributed by atoms with E-state index < -0.39 is 0 Å². The van der Waals surface area contributed by atoms with Gasteiger partial charge in [-0.25, -0.2) is 0 Å². The fourth-order valence-electron chi connectivity index (χ4n) is 3.32. The van der Waals surface area contributed by atoms with Gasteiger partial charge in [0.15, 0.2) is 5.78 Å². The van der Waals surface area contributed by atoms with Crippen LogP contribution >= 0.6 is 31.9 Å².